The van der Waals surface area contributed by atoms with Crippen molar-refractivity contribution in [2.75, 3.05) is 19.4 Å². The van der Waals surface area contributed by atoms with Gasteiger partial charge in [0.25, 0.3) is 0 Å². The number of hydrogen-bond donors (Lipinski definition) is 1. The Hall–Kier alpha value is -0.660. The quantitative estimate of drug-likeness (QED) is 0.574. The molecule has 0 saturated heterocycles. The van der Waals surface area contributed by atoms with Crippen molar-refractivity contribution in [3.8, 4) is 0 Å². The molecule has 7 heteroatoms. The molecule has 0 radical (unpaired) electrons. The molecule has 0 aliphatic carbocycles. The fourth-order valence-electron chi connectivity index (χ4n) is 1.25. The summed E-state index contributed by atoms with van der Waals surface area (Å²) < 4.78 is 5.70. The molecule has 5 nitrogen and oxygen atoms in total. The Morgan fingerprint density at radius 1 is 1.71 bits per heavy atom. The third-order valence-corrected chi connectivity index (χ3v) is 3.99. The minimum absolute atomic E-state index is 0.198. The van der Waals surface area contributed by atoms with Crippen molar-refractivity contribution in [1.29, 1.82) is 0 Å². The van der Waals surface area contributed by atoms with Gasteiger partial charge in [-0.15, -0.1) is 10.2 Å². The third kappa shape index (κ3) is 5.47. The average Bonchev–Trinajstić information content (AvgIpc) is 2.85. The number of carbonyl (C=O) groups excluding carboxylic acids is 1. The summed E-state index contributed by atoms with van der Waals surface area (Å²) in [5.41, 5.74) is 1.70. The van der Waals surface area contributed by atoms with Gasteiger partial charge in [0.15, 0.2) is 4.34 Å². The second kappa shape index (κ2) is 8.43. The van der Waals surface area contributed by atoms with Gasteiger partial charge < -0.3 is 10.1 Å². The molecular formula is C10H17N3O2S2. The van der Waals surface area contributed by atoms with Crippen LogP contribution in [0, 0.1) is 0 Å². The van der Waals surface area contributed by atoms with Gasteiger partial charge in [-0.3, -0.25) is 4.79 Å². The van der Waals surface area contributed by atoms with E-state index in [0.717, 1.165) is 29.5 Å². The van der Waals surface area contributed by atoms with E-state index in [0.29, 0.717) is 0 Å². The maximum absolute atomic E-state index is 11.5. The minimum atomic E-state index is -0.222. The fraction of sp³-hybridized carbons (Fsp3) is 0.700. The van der Waals surface area contributed by atoms with Gasteiger partial charge in [-0.25, -0.2) is 0 Å². The molecule has 0 bridgehead atoms. The van der Waals surface area contributed by atoms with Crippen LogP contribution in [0.1, 0.15) is 19.8 Å². The van der Waals surface area contributed by atoms with Gasteiger partial charge in [0.2, 0.25) is 0 Å². The molecular weight excluding hydrogens is 258 g/mol. The van der Waals surface area contributed by atoms with Gasteiger partial charge in [-0.05, 0) is 19.4 Å². The van der Waals surface area contributed by atoms with E-state index in [-0.39, 0.29) is 12.0 Å². The molecule has 0 amide bonds. The van der Waals surface area contributed by atoms with E-state index < -0.39 is 0 Å². The van der Waals surface area contributed by atoms with Gasteiger partial charge >= 0.3 is 5.97 Å². The lowest BCUT2D eigenvalue weighted by Crippen LogP contribution is -2.38. The number of nitrogens with one attached hydrogen (secondary N) is 1. The van der Waals surface area contributed by atoms with Gasteiger partial charge in [0.1, 0.15) is 11.6 Å². The Morgan fingerprint density at radius 2 is 2.53 bits per heavy atom. The van der Waals surface area contributed by atoms with Crippen LogP contribution in [0.2, 0.25) is 0 Å². The van der Waals surface area contributed by atoms with Crippen molar-refractivity contribution in [2.45, 2.75) is 30.1 Å². The third-order valence-electron chi connectivity index (χ3n) is 2.10. The first-order chi connectivity index (χ1) is 8.27. The van der Waals surface area contributed by atoms with Gasteiger partial charge in [0, 0.05) is 5.75 Å². The van der Waals surface area contributed by atoms with Crippen LogP contribution in [-0.2, 0) is 9.53 Å². The standard InChI is InChI=1S/C10H17N3O2S2/c1-3-5-11-8(9(14)15-2)4-6-16-10-13-12-7-17-10/h7-8,11H,3-6H2,1-2H3. The molecule has 1 aromatic heterocycles. The van der Waals surface area contributed by atoms with Crippen LogP contribution in [0.5, 0.6) is 0 Å². The molecule has 17 heavy (non-hydrogen) atoms. The van der Waals surface area contributed by atoms with E-state index >= 15 is 0 Å². The summed E-state index contributed by atoms with van der Waals surface area (Å²) in [6.45, 7) is 2.89. The number of aromatic nitrogens is 2. The van der Waals surface area contributed by atoms with Crippen molar-refractivity contribution in [1.82, 2.24) is 15.5 Å². The molecule has 0 aliphatic rings. The van der Waals surface area contributed by atoms with Crippen LogP contribution in [0.3, 0.4) is 0 Å². The van der Waals surface area contributed by atoms with Crippen molar-refractivity contribution >= 4 is 29.1 Å². The molecule has 96 valence electrons. The zero-order valence-electron chi connectivity index (χ0n) is 10.0. The first kappa shape index (κ1) is 14.4. The van der Waals surface area contributed by atoms with Crippen LogP contribution >= 0.6 is 23.1 Å². The number of ether oxygens (including phenoxy) is 1. The Bertz CT molecular complexity index is 319. The predicted octanol–water partition coefficient (Wildman–Crippen LogP) is 1.56. The molecule has 1 N–H and O–H groups in total. The Balaban J connectivity index is 2.30. The predicted molar refractivity (Wildman–Crippen MR) is 69.3 cm³/mol. The minimum Gasteiger partial charge on any atom is -0.468 e. The smallest absolute Gasteiger partial charge is 0.322 e. The molecule has 1 aromatic rings. The second-order valence-corrected chi connectivity index (χ2v) is 5.55. The number of carbonyl (C=O) groups is 1. The number of hydrogen-bond acceptors (Lipinski definition) is 7. The zero-order valence-corrected chi connectivity index (χ0v) is 11.6. The Morgan fingerprint density at radius 3 is 3.12 bits per heavy atom. The summed E-state index contributed by atoms with van der Waals surface area (Å²) in [6.07, 6.45) is 1.73. The van der Waals surface area contributed by atoms with Gasteiger partial charge in [-0.2, -0.15) is 0 Å². The first-order valence-corrected chi connectivity index (χ1v) is 7.34. The highest BCUT2D eigenvalue weighted by molar-refractivity contribution is 8.00. The lowest BCUT2D eigenvalue weighted by atomic mass is 10.2. The van der Waals surface area contributed by atoms with E-state index in [2.05, 4.69) is 22.4 Å². The highest BCUT2D eigenvalue weighted by atomic mass is 32.2. The van der Waals surface area contributed by atoms with Crippen LogP contribution < -0.4 is 5.32 Å². The lowest BCUT2D eigenvalue weighted by molar-refractivity contribution is -0.143. The summed E-state index contributed by atoms with van der Waals surface area (Å²) in [6, 6.07) is -0.222. The maximum atomic E-state index is 11.5. The van der Waals surface area contributed by atoms with Crippen LogP contribution in [0.25, 0.3) is 0 Å². The molecule has 1 unspecified atom stereocenters. The number of rotatable bonds is 8. The highest BCUT2D eigenvalue weighted by Crippen LogP contribution is 2.20. The van der Waals surface area contributed by atoms with Crippen LogP contribution in [0.4, 0.5) is 0 Å². The SMILES string of the molecule is CCCNC(CCSc1nncs1)C(=O)OC. The fourth-order valence-corrected chi connectivity index (χ4v) is 2.82. The van der Waals surface area contributed by atoms with Crippen molar-refractivity contribution in [3.05, 3.63) is 5.51 Å². The maximum Gasteiger partial charge on any atom is 0.322 e. The highest BCUT2D eigenvalue weighted by Gasteiger charge is 2.17. The summed E-state index contributed by atoms with van der Waals surface area (Å²) in [5, 5.41) is 10.9. The van der Waals surface area contributed by atoms with E-state index in [4.69, 9.17) is 4.74 Å². The van der Waals surface area contributed by atoms with E-state index in [1.165, 1.54) is 18.4 Å². The van der Waals surface area contributed by atoms with E-state index in [9.17, 15) is 4.79 Å². The normalized spacial score (nSPS) is 12.4. The molecule has 0 aliphatic heterocycles. The summed E-state index contributed by atoms with van der Waals surface area (Å²) in [4.78, 5) is 11.5. The Kier molecular flexibility index (Phi) is 7.14. The van der Waals surface area contributed by atoms with Crippen molar-refractivity contribution < 1.29 is 9.53 Å². The topological polar surface area (TPSA) is 64.1 Å². The van der Waals surface area contributed by atoms with Crippen LogP contribution in [-0.4, -0.2) is 41.6 Å². The second-order valence-electron chi connectivity index (χ2n) is 3.37. The number of esters is 1. The first-order valence-electron chi connectivity index (χ1n) is 5.48. The van der Waals surface area contributed by atoms with Crippen molar-refractivity contribution in [3.63, 3.8) is 0 Å². The molecule has 0 saturated carbocycles. The largest absolute Gasteiger partial charge is 0.468 e. The van der Waals surface area contributed by atoms with Crippen LogP contribution in [0.15, 0.2) is 9.85 Å². The zero-order chi connectivity index (χ0) is 12.5. The van der Waals surface area contributed by atoms with Gasteiger partial charge in [-0.1, -0.05) is 30.0 Å². The number of thioether (sulfide) groups is 1. The summed E-state index contributed by atoms with van der Waals surface area (Å²) in [5.74, 6) is 0.627. The lowest BCUT2D eigenvalue weighted by Gasteiger charge is -2.15. The number of methoxy groups -OCH3 is 1. The molecule has 0 aromatic carbocycles. The molecule has 0 fully saturated rings. The molecule has 0 spiro atoms. The molecule has 1 atom stereocenters. The molecule has 1 heterocycles. The van der Waals surface area contributed by atoms with Gasteiger partial charge in [0.05, 0.1) is 7.11 Å². The molecule has 1 rings (SSSR count). The Labute approximate surface area is 109 Å². The van der Waals surface area contributed by atoms with E-state index in [1.54, 1.807) is 17.3 Å². The summed E-state index contributed by atoms with van der Waals surface area (Å²) >= 11 is 3.12. The number of nitrogens with zero attached hydrogens (tertiary/aromatic N) is 2. The summed E-state index contributed by atoms with van der Waals surface area (Å²) in [7, 11) is 1.42. The van der Waals surface area contributed by atoms with E-state index in [1.807, 2.05) is 0 Å². The van der Waals surface area contributed by atoms with Crippen molar-refractivity contribution in [2.24, 2.45) is 0 Å². The average molecular weight is 275 g/mol. The monoisotopic (exact) mass is 275 g/mol.